The van der Waals surface area contributed by atoms with E-state index in [0.29, 0.717) is 0 Å². The molecule has 0 spiro atoms. The smallest absolute Gasteiger partial charge is 0.0384 e. The molecule has 0 saturated heterocycles. The highest BCUT2D eigenvalue weighted by atomic mass is 14.9. The Labute approximate surface area is 167 Å². The molecule has 2 nitrogen and oxygen atoms in total. The van der Waals surface area contributed by atoms with Gasteiger partial charge in [-0.1, -0.05) is 68.5 Å². The van der Waals surface area contributed by atoms with Gasteiger partial charge in [-0.25, -0.2) is 0 Å². The molecule has 0 atom stereocenters. The fourth-order valence-electron chi connectivity index (χ4n) is 3.74. The van der Waals surface area contributed by atoms with E-state index >= 15 is 0 Å². The van der Waals surface area contributed by atoms with Crippen LogP contribution < -0.4 is 10.6 Å². The van der Waals surface area contributed by atoms with Gasteiger partial charge in [0.15, 0.2) is 0 Å². The van der Waals surface area contributed by atoms with Crippen LogP contribution in [0.25, 0.3) is 5.57 Å². The average molecular weight is 367 g/mol. The summed E-state index contributed by atoms with van der Waals surface area (Å²) in [4.78, 5) is 0. The summed E-state index contributed by atoms with van der Waals surface area (Å²) in [5.74, 6) is 0. The van der Waals surface area contributed by atoms with Crippen LogP contribution in [-0.2, 0) is 0 Å². The van der Waals surface area contributed by atoms with Crippen LogP contribution in [0.5, 0.6) is 0 Å². The van der Waals surface area contributed by atoms with Gasteiger partial charge in [0.05, 0.1) is 0 Å². The minimum Gasteiger partial charge on any atom is -0.359 e. The first-order valence-electron chi connectivity index (χ1n) is 9.76. The van der Waals surface area contributed by atoms with Crippen molar-refractivity contribution in [2.24, 2.45) is 5.41 Å². The zero-order valence-electron chi connectivity index (χ0n) is 16.4. The molecule has 0 saturated carbocycles. The van der Waals surface area contributed by atoms with Crippen LogP contribution in [-0.4, -0.2) is 0 Å². The number of hydrogen-bond donors (Lipinski definition) is 2. The second kappa shape index (κ2) is 7.77. The van der Waals surface area contributed by atoms with Gasteiger partial charge in [-0.05, 0) is 65.4 Å². The summed E-state index contributed by atoms with van der Waals surface area (Å²) in [5, 5.41) is 7.00. The maximum atomic E-state index is 3.55. The maximum absolute atomic E-state index is 3.55. The van der Waals surface area contributed by atoms with Gasteiger partial charge in [0.25, 0.3) is 0 Å². The molecule has 2 heteroatoms. The van der Waals surface area contributed by atoms with Crippen molar-refractivity contribution in [3.8, 4) is 0 Å². The van der Waals surface area contributed by atoms with E-state index in [9.17, 15) is 0 Å². The van der Waals surface area contributed by atoms with Gasteiger partial charge in [-0.3, -0.25) is 0 Å². The van der Waals surface area contributed by atoms with Crippen molar-refractivity contribution in [1.29, 1.82) is 0 Å². The Bertz CT molecular complexity index is 982. The summed E-state index contributed by atoms with van der Waals surface area (Å²) in [7, 11) is 0. The largest absolute Gasteiger partial charge is 0.359 e. The maximum Gasteiger partial charge on any atom is 0.0384 e. The third-order valence-electron chi connectivity index (χ3n) is 5.15. The summed E-state index contributed by atoms with van der Waals surface area (Å²) in [6, 6.07) is 29.4. The summed E-state index contributed by atoms with van der Waals surface area (Å²) in [6.07, 6.45) is 5.45. The van der Waals surface area contributed by atoms with Crippen molar-refractivity contribution in [2.45, 2.75) is 20.3 Å². The van der Waals surface area contributed by atoms with Crippen molar-refractivity contribution < 1.29 is 0 Å². The van der Waals surface area contributed by atoms with Gasteiger partial charge in [-0.15, -0.1) is 0 Å². The number of para-hydroxylation sites is 2. The molecule has 3 aromatic carbocycles. The van der Waals surface area contributed by atoms with Crippen molar-refractivity contribution in [2.75, 3.05) is 10.6 Å². The molecular weight excluding hydrogens is 340 g/mol. The molecule has 0 unspecified atom stereocenters. The predicted octanol–water partition coefficient (Wildman–Crippen LogP) is 7.24. The lowest BCUT2D eigenvalue weighted by atomic mass is 9.74. The van der Waals surface area contributed by atoms with Gasteiger partial charge in [0, 0.05) is 22.8 Å². The molecule has 0 fully saturated rings. The first-order valence-corrected chi connectivity index (χ1v) is 9.76. The molecule has 0 aliphatic heterocycles. The van der Waals surface area contributed by atoms with Gasteiger partial charge in [0.1, 0.15) is 0 Å². The van der Waals surface area contributed by atoms with Crippen LogP contribution in [0.3, 0.4) is 0 Å². The van der Waals surface area contributed by atoms with Crippen LogP contribution in [0.4, 0.5) is 17.1 Å². The van der Waals surface area contributed by atoms with Gasteiger partial charge < -0.3 is 10.6 Å². The quantitative estimate of drug-likeness (QED) is 0.497. The molecule has 28 heavy (non-hydrogen) atoms. The lowest BCUT2D eigenvalue weighted by molar-refractivity contribution is 0.492. The van der Waals surface area contributed by atoms with Crippen LogP contribution >= 0.6 is 0 Å². The third-order valence-corrected chi connectivity index (χ3v) is 5.15. The minimum atomic E-state index is 0.0697. The van der Waals surface area contributed by atoms with Crippen LogP contribution in [0.15, 0.2) is 103 Å². The highest BCUT2D eigenvalue weighted by Crippen LogP contribution is 2.43. The molecule has 0 heterocycles. The fraction of sp³-hybridized carbons (Fsp3) is 0.154. The SMILES string of the molecule is CC1(C)CC(Nc2ccccc2)=CC=C1c1ccc(Nc2ccccc2)cc1. The molecule has 2 N–H and O–H groups in total. The minimum absolute atomic E-state index is 0.0697. The highest BCUT2D eigenvalue weighted by Gasteiger charge is 2.28. The monoisotopic (exact) mass is 366 g/mol. The Morgan fingerprint density at radius 1 is 0.607 bits per heavy atom. The number of rotatable bonds is 5. The molecule has 140 valence electrons. The Kier molecular flexibility index (Phi) is 5.03. The summed E-state index contributed by atoms with van der Waals surface area (Å²) < 4.78 is 0. The van der Waals surface area contributed by atoms with Crippen molar-refractivity contribution in [3.63, 3.8) is 0 Å². The van der Waals surface area contributed by atoms with E-state index in [2.05, 4.69) is 97.3 Å². The molecule has 1 aliphatic carbocycles. The van der Waals surface area contributed by atoms with E-state index in [4.69, 9.17) is 0 Å². The number of hydrogen-bond acceptors (Lipinski definition) is 2. The molecule has 4 rings (SSSR count). The average Bonchev–Trinajstić information content (AvgIpc) is 2.70. The van der Waals surface area contributed by atoms with Crippen molar-refractivity contribution in [1.82, 2.24) is 0 Å². The summed E-state index contributed by atoms with van der Waals surface area (Å²) in [6.45, 7) is 4.63. The highest BCUT2D eigenvalue weighted by molar-refractivity contribution is 5.75. The van der Waals surface area contributed by atoms with Crippen LogP contribution in [0, 0.1) is 5.41 Å². The van der Waals surface area contributed by atoms with Crippen LogP contribution in [0.1, 0.15) is 25.8 Å². The van der Waals surface area contributed by atoms with Gasteiger partial charge in [0.2, 0.25) is 0 Å². The fourth-order valence-corrected chi connectivity index (χ4v) is 3.74. The second-order valence-corrected chi connectivity index (χ2v) is 7.89. The van der Waals surface area contributed by atoms with Crippen molar-refractivity contribution in [3.05, 3.63) is 108 Å². The Morgan fingerprint density at radius 2 is 1.14 bits per heavy atom. The third kappa shape index (κ3) is 4.17. The van der Waals surface area contributed by atoms with E-state index in [1.807, 2.05) is 24.3 Å². The van der Waals surface area contributed by atoms with E-state index < -0.39 is 0 Å². The predicted molar refractivity (Wildman–Crippen MR) is 121 cm³/mol. The summed E-state index contributed by atoms with van der Waals surface area (Å²) >= 11 is 0. The lowest BCUT2D eigenvalue weighted by Crippen LogP contribution is -2.20. The molecule has 1 aliphatic rings. The molecule has 3 aromatic rings. The second-order valence-electron chi connectivity index (χ2n) is 7.89. The standard InChI is InChI=1S/C26H26N2/c1-26(2)19-24(28-22-11-7-4-8-12-22)17-18-25(26)20-13-15-23(16-14-20)27-21-9-5-3-6-10-21/h3-18,27-28H,19H2,1-2H3. The van der Waals surface area contributed by atoms with E-state index in [1.165, 1.54) is 16.8 Å². The topological polar surface area (TPSA) is 24.1 Å². The van der Waals surface area contributed by atoms with Gasteiger partial charge >= 0.3 is 0 Å². The Balaban J connectivity index is 1.52. The number of anilines is 3. The normalized spacial score (nSPS) is 15.4. The molecular formula is C26H26N2. The van der Waals surface area contributed by atoms with Crippen LogP contribution in [0.2, 0.25) is 0 Å². The Hall–Kier alpha value is -3.26. The molecule has 0 radical (unpaired) electrons. The zero-order valence-corrected chi connectivity index (χ0v) is 16.4. The number of nitrogens with one attached hydrogen (secondary N) is 2. The zero-order chi connectivity index (χ0) is 19.4. The Morgan fingerprint density at radius 3 is 1.71 bits per heavy atom. The number of allylic oxidation sites excluding steroid dienone is 4. The summed E-state index contributed by atoms with van der Waals surface area (Å²) in [5.41, 5.74) is 7.31. The first kappa shape index (κ1) is 18.1. The van der Waals surface area contributed by atoms with E-state index in [1.54, 1.807) is 0 Å². The molecule has 0 amide bonds. The molecule has 0 bridgehead atoms. The van der Waals surface area contributed by atoms with E-state index in [-0.39, 0.29) is 5.41 Å². The molecule has 0 aromatic heterocycles. The van der Waals surface area contributed by atoms with Crippen molar-refractivity contribution >= 4 is 22.6 Å². The number of benzene rings is 3. The lowest BCUT2D eigenvalue weighted by Gasteiger charge is -2.33. The van der Waals surface area contributed by atoms with Gasteiger partial charge in [-0.2, -0.15) is 0 Å². The first-order chi connectivity index (χ1) is 13.6. The van der Waals surface area contributed by atoms with E-state index in [0.717, 1.165) is 23.5 Å².